The van der Waals surface area contributed by atoms with E-state index in [1.807, 2.05) is 0 Å². The Balaban J connectivity index is 2.04. The molecule has 0 saturated heterocycles. The molecule has 0 amide bonds. The number of halogens is 2. The first kappa shape index (κ1) is 11.7. The molecule has 0 aliphatic heterocycles. The number of nitrogens with zero attached hydrogens (tertiary/aromatic N) is 1. The van der Waals surface area contributed by atoms with Gasteiger partial charge in [-0.05, 0) is 25.7 Å². The molecule has 0 spiro atoms. The molecule has 1 fully saturated rings. The fraction of sp³-hybridized carbons (Fsp3) is 0.600. The number of rotatable bonds is 2. The normalized spacial score (nSPS) is 25.4. The first-order chi connectivity index (χ1) is 7.66. The molecule has 6 heteroatoms. The third kappa shape index (κ3) is 2.68. The summed E-state index contributed by atoms with van der Waals surface area (Å²) in [6.45, 7) is 0. The van der Waals surface area contributed by atoms with Gasteiger partial charge in [0.1, 0.15) is 5.02 Å². The topological polar surface area (TPSA) is 57.8 Å². The van der Waals surface area contributed by atoms with E-state index in [-0.39, 0.29) is 16.0 Å². The highest BCUT2D eigenvalue weighted by Crippen LogP contribution is 2.25. The van der Waals surface area contributed by atoms with Crippen molar-refractivity contribution in [3.05, 3.63) is 21.7 Å². The van der Waals surface area contributed by atoms with E-state index < -0.39 is 0 Å². The van der Waals surface area contributed by atoms with Crippen molar-refractivity contribution in [2.45, 2.75) is 37.1 Å². The van der Waals surface area contributed by atoms with E-state index in [9.17, 15) is 4.79 Å². The molecule has 1 saturated carbocycles. The second-order valence-electron chi connectivity index (χ2n) is 3.99. The number of anilines is 1. The van der Waals surface area contributed by atoms with Gasteiger partial charge in [0.2, 0.25) is 0 Å². The van der Waals surface area contributed by atoms with E-state index in [4.69, 9.17) is 23.2 Å². The van der Waals surface area contributed by atoms with Gasteiger partial charge in [-0.1, -0.05) is 11.6 Å². The zero-order valence-electron chi connectivity index (χ0n) is 8.67. The van der Waals surface area contributed by atoms with Crippen LogP contribution in [0.15, 0.2) is 11.1 Å². The van der Waals surface area contributed by atoms with Gasteiger partial charge in [-0.15, -0.1) is 11.6 Å². The van der Waals surface area contributed by atoms with Crippen LogP contribution in [0.3, 0.4) is 0 Å². The van der Waals surface area contributed by atoms with Crippen LogP contribution in [0.1, 0.15) is 25.7 Å². The fourth-order valence-corrected chi connectivity index (χ4v) is 2.28. The molecule has 16 heavy (non-hydrogen) atoms. The number of hydrogen-bond acceptors (Lipinski definition) is 3. The van der Waals surface area contributed by atoms with E-state index in [1.165, 1.54) is 6.33 Å². The second-order valence-corrected chi connectivity index (χ2v) is 4.98. The lowest BCUT2D eigenvalue weighted by Crippen LogP contribution is -2.27. The molecule has 1 aliphatic carbocycles. The maximum atomic E-state index is 11.2. The van der Waals surface area contributed by atoms with Gasteiger partial charge in [0.15, 0.2) is 5.82 Å². The molecular weight excluding hydrogens is 249 g/mol. The Morgan fingerprint density at radius 3 is 2.75 bits per heavy atom. The summed E-state index contributed by atoms with van der Waals surface area (Å²) >= 11 is 11.9. The van der Waals surface area contributed by atoms with Crippen molar-refractivity contribution in [2.24, 2.45) is 0 Å². The van der Waals surface area contributed by atoms with Crippen LogP contribution in [0, 0.1) is 0 Å². The van der Waals surface area contributed by atoms with Crippen molar-refractivity contribution in [1.29, 1.82) is 0 Å². The average Bonchev–Trinajstić information content (AvgIpc) is 2.28. The van der Waals surface area contributed by atoms with E-state index in [0.717, 1.165) is 25.7 Å². The van der Waals surface area contributed by atoms with Gasteiger partial charge in [0.05, 0.1) is 6.33 Å². The quantitative estimate of drug-likeness (QED) is 0.804. The van der Waals surface area contributed by atoms with Gasteiger partial charge in [0.25, 0.3) is 5.56 Å². The molecule has 1 heterocycles. The third-order valence-electron chi connectivity index (χ3n) is 2.79. The lowest BCUT2D eigenvalue weighted by atomic mass is 9.95. The number of alkyl halides is 1. The monoisotopic (exact) mass is 261 g/mol. The Labute approximate surface area is 103 Å². The molecule has 1 aromatic heterocycles. The molecule has 1 aliphatic rings. The Hall–Kier alpha value is -0.740. The van der Waals surface area contributed by atoms with E-state index in [1.54, 1.807) is 0 Å². The number of aromatic nitrogens is 2. The largest absolute Gasteiger partial charge is 0.366 e. The Bertz CT molecular complexity index is 413. The number of H-pyrrole nitrogens is 1. The van der Waals surface area contributed by atoms with Gasteiger partial charge in [-0.25, -0.2) is 4.98 Å². The summed E-state index contributed by atoms with van der Waals surface area (Å²) in [5, 5.41) is 3.59. The van der Waals surface area contributed by atoms with Crippen LogP contribution >= 0.6 is 23.2 Å². The zero-order chi connectivity index (χ0) is 11.5. The minimum atomic E-state index is -0.315. The predicted molar refractivity (Wildman–Crippen MR) is 65.4 cm³/mol. The van der Waals surface area contributed by atoms with Crippen LogP contribution in [0.4, 0.5) is 5.82 Å². The Morgan fingerprint density at radius 1 is 1.38 bits per heavy atom. The highest BCUT2D eigenvalue weighted by atomic mass is 35.5. The maximum absolute atomic E-state index is 11.2. The van der Waals surface area contributed by atoms with Crippen molar-refractivity contribution >= 4 is 29.0 Å². The molecular formula is C10H13Cl2N3O. The summed E-state index contributed by atoms with van der Waals surface area (Å²) in [5.74, 6) is 0.462. The van der Waals surface area contributed by atoms with Gasteiger partial charge < -0.3 is 10.3 Å². The van der Waals surface area contributed by atoms with Crippen LogP contribution < -0.4 is 10.9 Å². The SMILES string of the molecule is O=c1[nH]cnc(NC2CCC(Cl)CC2)c1Cl. The maximum Gasteiger partial charge on any atom is 0.271 e. The van der Waals surface area contributed by atoms with Crippen LogP contribution in [-0.2, 0) is 0 Å². The molecule has 0 unspecified atom stereocenters. The van der Waals surface area contributed by atoms with Crippen molar-refractivity contribution in [3.63, 3.8) is 0 Å². The molecule has 88 valence electrons. The van der Waals surface area contributed by atoms with Crippen LogP contribution in [-0.4, -0.2) is 21.4 Å². The first-order valence-corrected chi connectivity index (χ1v) is 6.12. The summed E-state index contributed by atoms with van der Waals surface area (Å²) in [6, 6.07) is 0.307. The predicted octanol–water partition coefficient (Wildman–Crippen LogP) is 2.39. The Morgan fingerprint density at radius 2 is 2.06 bits per heavy atom. The minimum absolute atomic E-state index is 0.121. The number of aromatic amines is 1. The Kier molecular flexibility index (Phi) is 3.71. The van der Waals surface area contributed by atoms with Gasteiger partial charge >= 0.3 is 0 Å². The van der Waals surface area contributed by atoms with Crippen molar-refractivity contribution in [1.82, 2.24) is 9.97 Å². The lowest BCUT2D eigenvalue weighted by molar-refractivity contribution is 0.467. The van der Waals surface area contributed by atoms with Gasteiger partial charge in [-0.3, -0.25) is 4.79 Å². The summed E-state index contributed by atoms with van der Waals surface area (Å²) in [6.07, 6.45) is 5.29. The van der Waals surface area contributed by atoms with Crippen molar-refractivity contribution < 1.29 is 0 Å². The lowest BCUT2D eigenvalue weighted by Gasteiger charge is -2.26. The molecule has 0 radical (unpaired) electrons. The second kappa shape index (κ2) is 5.06. The fourth-order valence-electron chi connectivity index (χ4n) is 1.87. The summed E-state index contributed by atoms with van der Waals surface area (Å²) in [5.41, 5.74) is -0.315. The van der Waals surface area contributed by atoms with Crippen LogP contribution in [0.25, 0.3) is 0 Å². The number of nitrogens with one attached hydrogen (secondary N) is 2. The van der Waals surface area contributed by atoms with Crippen molar-refractivity contribution in [2.75, 3.05) is 5.32 Å². The molecule has 2 N–H and O–H groups in total. The molecule has 1 aromatic rings. The van der Waals surface area contributed by atoms with E-state index in [0.29, 0.717) is 11.9 Å². The highest BCUT2D eigenvalue weighted by molar-refractivity contribution is 6.32. The zero-order valence-corrected chi connectivity index (χ0v) is 10.2. The van der Waals surface area contributed by atoms with E-state index >= 15 is 0 Å². The standard InChI is InChI=1S/C10H13Cl2N3O/c11-6-1-3-7(4-2-6)15-9-8(12)10(16)14-5-13-9/h5-7H,1-4H2,(H2,13,14,15,16). The smallest absolute Gasteiger partial charge is 0.271 e. The van der Waals surface area contributed by atoms with Crippen LogP contribution in [0.2, 0.25) is 5.02 Å². The molecule has 0 aromatic carbocycles. The van der Waals surface area contributed by atoms with Crippen molar-refractivity contribution in [3.8, 4) is 0 Å². The van der Waals surface area contributed by atoms with Gasteiger partial charge in [-0.2, -0.15) is 0 Å². The molecule has 0 atom stereocenters. The number of hydrogen-bond donors (Lipinski definition) is 2. The van der Waals surface area contributed by atoms with E-state index in [2.05, 4.69) is 15.3 Å². The first-order valence-electron chi connectivity index (χ1n) is 5.30. The van der Waals surface area contributed by atoms with Crippen LogP contribution in [0.5, 0.6) is 0 Å². The molecule has 4 nitrogen and oxygen atoms in total. The molecule has 2 rings (SSSR count). The summed E-state index contributed by atoms with van der Waals surface area (Å²) in [7, 11) is 0. The summed E-state index contributed by atoms with van der Waals surface area (Å²) in [4.78, 5) is 17.7. The average molecular weight is 262 g/mol. The minimum Gasteiger partial charge on any atom is -0.366 e. The molecule has 0 bridgehead atoms. The third-order valence-corrected chi connectivity index (χ3v) is 3.58. The van der Waals surface area contributed by atoms with Gasteiger partial charge in [0, 0.05) is 11.4 Å². The summed E-state index contributed by atoms with van der Waals surface area (Å²) < 4.78 is 0. The highest BCUT2D eigenvalue weighted by Gasteiger charge is 2.20.